The van der Waals surface area contributed by atoms with E-state index in [1.54, 1.807) is 6.92 Å². The maximum atomic E-state index is 9.79. The molecule has 0 aromatic carbocycles. The summed E-state index contributed by atoms with van der Waals surface area (Å²) in [4.78, 5) is 0. The highest BCUT2D eigenvalue weighted by atomic mass is 16.3. The molecule has 2 nitrogen and oxygen atoms in total. The summed E-state index contributed by atoms with van der Waals surface area (Å²) in [6.07, 6.45) is 0.931. The van der Waals surface area contributed by atoms with Gasteiger partial charge in [0.1, 0.15) is 0 Å². The van der Waals surface area contributed by atoms with Crippen LogP contribution in [0.2, 0.25) is 0 Å². The van der Waals surface area contributed by atoms with E-state index in [2.05, 4.69) is 18.8 Å². The zero-order chi connectivity index (χ0) is 9.61. The van der Waals surface area contributed by atoms with Crippen molar-refractivity contribution in [3.63, 3.8) is 0 Å². The molecular formula is C10H17O2. The Hall–Kier alpha value is -0.520. The average Bonchev–Trinajstić information content (AvgIpc) is 2.04. The third-order valence-electron chi connectivity index (χ3n) is 2.20. The SMILES string of the molecule is [CH2]C#CCCC(O)(CC)C(C)O. The monoisotopic (exact) mass is 169 g/mol. The minimum atomic E-state index is -0.982. The van der Waals surface area contributed by atoms with Gasteiger partial charge in [0.25, 0.3) is 0 Å². The lowest BCUT2D eigenvalue weighted by Crippen LogP contribution is -2.39. The maximum Gasteiger partial charge on any atom is 0.0909 e. The summed E-state index contributed by atoms with van der Waals surface area (Å²) in [6.45, 7) is 6.82. The van der Waals surface area contributed by atoms with Crippen LogP contribution in [0.3, 0.4) is 0 Å². The van der Waals surface area contributed by atoms with Gasteiger partial charge in [-0.1, -0.05) is 6.92 Å². The average molecular weight is 169 g/mol. The molecule has 0 spiro atoms. The Kier molecular flexibility index (Phi) is 4.96. The molecule has 69 valence electrons. The molecule has 1 radical (unpaired) electrons. The van der Waals surface area contributed by atoms with Gasteiger partial charge in [0, 0.05) is 13.3 Å². The molecular weight excluding hydrogens is 152 g/mol. The van der Waals surface area contributed by atoms with E-state index < -0.39 is 11.7 Å². The van der Waals surface area contributed by atoms with E-state index in [0.29, 0.717) is 19.3 Å². The molecule has 0 aliphatic rings. The molecule has 2 unspecified atom stereocenters. The number of aliphatic hydroxyl groups is 2. The topological polar surface area (TPSA) is 40.5 Å². The summed E-state index contributed by atoms with van der Waals surface area (Å²) >= 11 is 0. The molecule has 0 aromatic rings. The first-order valence-corrected chi connectivity index (χ1v) is 4.22. The number of aliphatic hydroxyl groups excluding tert-OH is 1. The fourth-order valence-corrected chi connectivity index (χ4v) is 1.05. The second-order valence-corrected chi connectivity index (χ2v) is 2.99. The van der Waals surface area contributed by atoms with Crippen LogP contribution in [0.15, 0.2) is 0 Å². The van der Waals surface area contributed by atoms with Crippen molar-refractivity contribution in [2.75, 3.05) is 0 Å². The summed E-state index contributed by atoms with van der Waals surface area (Å²) in [6, 6.07) is 0. The zero-order valence-corrected chi connectivity index (χ0v) is 7.80. The third kappa shape index (κ3) is 3.25. The maximum absolute atomic E-state index is 9.79. The first kappa shape index (κ1) is 11.5. The van der Waals surface area contributed by atoms with Gasteiger partial charge in [-0.3, -0.25) is 0 Å². The Labute approximate surface area is 74.6 Å². The highest BCUT2D eigenvalue weighted by molar-refractivity contribution is 5.02. The van der Waals surface area contributed by atoms with Crippen LogP contribution in [-0.2, 0) is 0 Å². The Balaban J connectivity index is 4.02. The van der Waals surface area contributed by atoms with Gasteiger partial charge >= 0.3 is 0 Å². The molecule has 0 fully saturated rings. The number of hydrogen-bond acceptors (Lipinski definition) is 2. The van der Waals surface area contributed by atoms with Crippen molar-refractivity contribution >= 4 is 0 Å². The number of rotatable bonds is 4. The highest BCUT2D eigenvalue weighted by Crippen LogP contribution is 2.21. The van der Waals surface area contributed by atoms with Crippen LogP contribution in [0, 0.1) is 18.8 Å². The minimum Gasteiger partial charge on any atom is -0.390 e. The quantitative estimate of drug-likeness (QED) is 0.619. The molecule has 0 bridgehead atoms. The molecule has 2 heteroatoms. The first-order chi connectivity index (χ1) is 5.56. The summed E-state index contributed by atoms with van der Waals surface area (Å²) < 4.78 is 0. The van der Waals surface area contributed by atoms with E-state index in [4.69, 9.17) is 0 Å². The normalized spacial score (nSPS) is 17.4. The van der Waals surface area contributed by atoms with Crippen molar-refractivity contribution < 1.29 is 10.2 Å². The Morgan fingerprint density at radius 3 is 2.50 bits per heavy atom. The molecule has 0 aliphatic heterocycles. The van der Waals surface area contributed by atoms with Crippen LogP contribution in [-0.4, -0.2) is 21.9 Å². The van der Waals surface area contributed by atoms with Crippen LogP contribution in [0.5, 0.6) is 0 Å². The molecule has 12 heavy (non-hydrogen) atoms. The predicted octanol–water partition coefficient (Wildman–Crippen LogP) is 1.13. The summed E-state index contributed by atoms with van der Waals surface area (Å²) in [5.41, 5.74) is -0.982. The summed E-state index contributed by atoms with van der Waals surface area (Å²) in [7, 11) is 0. The van der Waals surface area contributed by atoms with E-state index in [1.165, 1.54) is 0 Å². The van der Waals surface area contributed by atoms with E-state index in [1.807, 2.05) is 6.92 Å². The van der Waals surface area contributed by atoms with Gasteiger partial charge in [-0.05, 0) is 19.8 Å². The van der Waals surface area contributed by atoms with E-state index in [0.717, 1.165) is 0 Å². The molecule has 0 aliphatic carbocycles. The minimum absolute atomic E-state index is 0.504. The van der Waals surface area contributed by atoms with Gasteiger partial charge < -0.3 is 10.2 Å². The van der Waals surface area contributed by atoms with Gasteiger partial charge in [0.15, 0.2) is 0 Å². The Morgan fingerprint density at radius 2 is 2.17 bits per heavy atom. The van der Waals surface area contributed by atoms with Crippen LogP contribution in [0.1, 0.15) is 33.1 Å². The molecule has 2 N–H and O–H groups in total. The van der Waals surface area contributed by atoms with Gasteiger partial charge in [0.2, 0.25) is 0 Å². The molecule has 2 atom stereocenters. The standard InChI is InChI=1S/C10H17O2/c1-4-6-7-8-10(12,5-2)9(3)11/h9,11-12H,1,5,7-8H2,2-3H3. The first-order valence-electron chi connectivity index (χ1n) is 4.22. The summed E-state index contributed by atoms with van der Waals surface area (Å²) in [5.74, 6) is 5.27. The molecule has 0 rings (SSSR count). The Bertz CT molecular complexity index is 176. The second-order valence-electron chi connectivity index (χ2n) is 2.99. The van der Waals surface area contributed by atoms with Crippen LogP contribution in [0.25, 0.3) is 0 Å². The fourth-order valence-electron chi connectivity index (χ4n) is 1.05. The lowest BCUT2D eigenvalue weighted by Gasteiger charge is -2.29. The van der Waals surface area contributed by atoms with Crippen molar-refractivity contribution in [2.24, 2.45) is 0 Å². The molecule has 0 aromatic heterocycles. The van der Waals surface area contributed by atoms with Gasteiger partial charge in [-0.25, -0.2) is 0 Å². The van der Waals surface area contributed by atoms with Crippen LogP contribution in [0.4, 0.5) is 0 Å². The molecule has 0 heterocycles. The summed E-state index contributed by atoms with van der Waals surface area (Å²) in [5, 5.41) is 19.0. The largest absolute Gasteiger partial charge is 0.390 e. The van der Waals surface area contributed by atoms with E-state index in [9.17, 15) is 10.2 Å². The van der Waals surface area contributed by atoms with Gasteiger partial charge in [-0.2, -0.15) is 0 Å². The molecule has 0 amide bonds. The third-order valence-corrected chi connectivity index (χ3v) is 2.20. The van der Waals surface area contributed by atoms with Crippen molar-refractivity contribution in [1.82, 2.24) is 0 Å². The van der Waals surface area contributed by atoms with E-state index >= 15 is 0 Å². The van der Waals surface area contributed by atoms with Crippen molar-refractivity contribution in [2.45, 2.75) is 44.8 Å². The number of hydrogen-bond donors (Lipinski definition) is 2. The second kappa shape index (κ2) is 5.18. The van der Waals surface area contributed by atoms with Gasteiger partial charge in [-0.15, -0.1) is 11.8 Å². The van der Waals surface area contributed by atoms with E-state index in [-0.39, 0.29) is 0 Å². The van der Waals surface area contributed by atoms with Crippen molar-refractivity contribution in [1.29, 1.82) is 0 Å². The Morgan fingerprint density at radius 1 is 1.58 bits per heavy atom. The van der Waals surface area contributed by atoms with Crippen LogP contribution >= 0.6 is 0 Å². The van der Waals surface area contributed by atoms with Crippen LogP contribution < -0.4 is 0 Å². The predicted molar refractivity (Wildman–Crippen MR) is 49.3 cm³/mol. The lowest BCUT2D eigenvalue weighted by atomic mass is 9.89. The lowest BCUT2D eigenvalue weighted by molar-refractivity contribution is -0.0729. The fraction of sp³-hybridized carbons (Fsp3) is 0.700. The van der Waals surface area contributed by atoms with Crippen molar-refractivity contribution in [3.8, 4) is 11.8 Å². The highest BCUT2D eigenvalue weighted by Gasteiger charge is 2.29. The van der Waals surface area contributed by atoms with Crippen molar-refractivity contribution in [3.05, 3.63) is 6.92 Å². The van der Waals surface area contributed by atoms with Gasteiger partial charge in [0.05, 0.1) is 11.7 Å². The zero-order valence-electron chi connectivity index (χ0n) is 7.80. The molecule has 0 saturated heterocycles. The molecule has 0 saturated carbocycles. The smallest absolute Gasteiger partial charge is 0.0909 e.